The van der Waals surface area contributed by atoms with Crippen molar-refractivity contribution in [1.29, 1.82) is 0 Å². The summed E-state index contributed by atoms with van der Waals surface area (Å²) in [6.45, 7) is 9.62. The first-order valence-electron chi connectivity index (χ1n) is 10.9. The summed E-state index contributed by atoms with van der Waals surface area (Å²) in [6, 6.07) is 7.31. The molecule has 2 N–H and O–H groups in total. The van der Waals surface area contributed by atoms with Gasteiger partial charge in [-0.3, -0.25) is 9.36 Å². The third-order valence-electron chi connectivity index (χ3n) is 5.03. The number of esters is 1. The zero-order valence-electron chi connectivity index (χ0n) is 19.1. The highest BCUT2D eigenvalue weighted by molar-refractivity contribution is 7.13. The van der Waals surface area contributed by atoms with E-state index in [1.54, 1.807) is 32.9 Å². The summed E-state index contributed by atoms with van der Waals surface area (Å²) >= 11 is 1.53. The van der Waals surface area contributed by atoms with Crippen LogP contribution < -0.4 is 5.32 Å². The first kappa shape index (κ1) is 23.5. The highest BCUT2D eigenvalue weighted by atomic mass is 32.1. The number of carbonyl (C=O) groups is 2. The van der Waals surface area contributed by atoms with Crippen LogP contribution in [-0.4, -0.2) is 33.1 Å². The van der Waals surface area contributed by atoms with Crippen LogP contribution in [0.5, 0.6) is 5.75 Å². The van der Waals surface area contributed by atoms with Crippen LogP contribution >= 0.6 is 11.3 Å². The Kier molecular flexibility index (Phi) is 7.35. The Morgan fingerprint density at radius 1 is 1.28 bits per heavy atom. The number of nitrogens with zero attached hydrogens (tertiary/aromatic N) is 2. The molecule has 0 unspecified atom stereocenters. The molecule has 7 nitrogen and oxygen atoms in total. The fourth-order valence-electron chi connectivity index (χ4n) is 3.54. The predicted octanol–water partition coefficient (Wildman–Crippen LogP) is 5.20. The fourth-order valence-corrected chi connectivity index (χ4v) is 4.24. The van der Waals surface area contributed by atoms with Crippen LogP contribution in [0.4, 0.5) is 5.69 Å². The number of thiophene rings is 1. The smallest absolute Gasteiger partial charge is 0.358 e. The number of hydrogen-bond acceptors (Lipinski definition) is 6. The molecule has 0 aliphatic carbocycles. The van der Waals surface area contributed by atoms with Gasteiger partial charge in [-0.1, -0.05) is 33.8 Å². The average molecular weight is 456 g/mol. The van der Waals surface area contributed by atoms with E-state index in [4.69, 9.17) is 4.74 Å². The Balaban J connectivity index is 0.00000141. The van der Waals surface area contributed by atoms with E-state index in [1.807, 2.05) is 35.9 Å². The van der Waals surface area contributed by atoms with Gasteiger partial charge in [-0.05, 0) is 48.9 Å². The number of hydrogen-bond donors (Lipinski definition) is 2. The number of imidazole rings is 1. The third kappa shape index (κ3) is 4.41. The zero-order valence-corrected chi connectivity index (χ0v) is 19.9. The molecule has 2 aromatic heterocycles. The minimum atomic E-state index is -0.445. The zero-order chi connectivity index (χ0) is 23.4. The molecular weight excluding hydrogens is 426 g/mol. The lowest BCUT2D eigenvalue weighted by molar-refractivity contribution is -0.118. The number of carbonyl (C=O) groups excluding carboxylic acids is 2. The van der Waals surface area contributed by atoms with Gasteiger partial charge in [0, 0.05) is 5.92 Å². The van der Waals surface area contributed by atoms with Crippen molar-refractivity contribution >= 4 is 28.9 Å². The number of aromatic hydroxyl groups is 1. The van der Waals surface area contributed by atoms with Crippen molar-refractivity contribution in [2.24, 2.45) is 5.92 Å². The molecule has 0 spiro atoms. The number of aryl methyl sites for hydroxylation is 1. The lowest BCUT2D eigenvalue weighted by Gasteiger charge is -2.23. The molecule has 3 aromatic rings. The lowest BCUT2D eigenvalue weighted by Crippen LogP contribution is -2.19. The number of phenolic OH excluding ortho intramolecular Hbond substituents is 1. The SMILES string of the molecule is CC.CCOC(=O)c1nc(-c2cccs2)n2c1CCc1cc(O)c(NC(=O)C(C)C)cc1-2. The second-order valence-corrected chi connectivity index (χ2v) is 8.35. The van der Waals surface area contributed by atoms with E-state index in [1.165, 1.54) is 11.3 Å². The van der Waals surface area contributed by atoms with Crippen LogP contribution in [0.2, 0.25) is 0 Å². The largest absolute Gasteiger partial charge is 0.506 e. The van der Waals surface area contributed by atoms with Crippen molar-refractivity contribution in [3.63, 3.8) is 0 Å². The first-order valence-corrected chi connectivity index (χ1v) is 11.8. The number of fused-ring (bicyclic) bond motifs is 3. The van der Waals surface area contributed by atoms with Crippen molar-refractivity contribution in [2.45, 2.75) is 47.5 Å². The van der Waals surface area contributed by atoms with Gasteiger partial charge in [0.2, 0.25) is 5.91 Å². The molecule has 8 heteroatoms. The van der Waals surface area contributed by atoms with Gasteiger partial charge in [-0.15, -0.1) is 11.3 Å². The van der Waals surface area contributed by atoms with Crippen molar-refractivity contribution in [1.82, 2.24) is 9.55 Å². The predicted molar refractivity (Wildman–Crippen MR) is 127 cm³/mol. The van der Waals surface area contributed by atoms with E-state index >= 15 is 0 Å². The maximum atomic E-state index is 12.6. The van der Waals surface area contributed by atoms with Crippen LogP contribution in [0.15, 0.2) is 29.6 Å². The molecule has 0 atom stereocenters. The van der Waals surface area contributed by atoms with Crippen LogP contribution in [0.25, 0.3) is 16.4 Å². The highest BCUT2D eigenvalue weighted by Gasteiger charge is 2.30. The molecule has 1 aromatic carbocycles. The molecule has 1 aliphatic rings. The van der Waals surface area contributed by atoms with Crippen molar-refractivity contribution in [2.75, 3.05) is 11.9 Å². The topological polar surface area (TPSA) is 93.4 Å². The van der Waals surface area contributed by atoms with Gasteiger partial charge in [0.25, 0.3) is 0 Å². The molecule has 0 bridgehead atoms. The maximum absolute atomic E-state index is 12.6. The van der Waals surface area contributed by atoms with E-state index in [-0.39, 0.29) is 24.2 Å². The van der Waals surface area contributed by atoms with Crippen molar-refractivity contribution in [3.05, 3.63) is 46.6 Å². The van der Waals surface area contributed by atoms with Gasteiger partial charge in [-0.25, -0.2) is 9.78 Å². The summed E-state index contributed by atoms with van der Waals surface area (Å²) in [7, 11) is 0. The number of amides is 1. The molecule has 0 fully saturated rings. The van der Waals surface area contributed by atoms with E-state index in [9.17, 15) is 14.7 Å². The average Bonchev–Trinajstić information content (AvgIpc) is 3.43. The molecule has 32 heavy (non-hydrogen) atoms. The number of rotatable bonds is 5. The van der Waals surface area contributed by atoms with Crippen molar-refractivity contribution in [3.8, 4) is 22.1 Å². The van der Waals surface area contributed by atoms with Gasteiger partial charge < -0.3 is 15.2 Å². The van der Waals surface area contributed by atoms with Gasteiger partial charge in [0.1, 0.15) is 5.75 Å². The number of phenols is 1. The lowest BCUT2D eigenvalue weighted by atomic mass is 9.99. The standard InChI is InChI=1S/C22H23N3O4S.C2H6/c1-4-29-22(28)19-15-8-7-13-10-17(26)14(23-21(27)12(2)3)11-16(13)25(15)20(24-19)18-6-5-9-30-18;1-2/h5-6,9-12,26H,4,7-8H2,1-3H3,(H,23,27);1-2H3. The van der Waals surface area contributed by atoms with Crippen LogP contribution in [0, 0.1) is 5.92 Å². The number of nitrogens with one attached hydrogen (secondary N) is 1. The second-order valence-electron chi connectivity index (χ2n) is 7.41. The summed E-state index contributed by atoms with van der Waals surface area (Å²) in [5, 5.41) is 15.2. The highest BCUT2D eigenvalue weighted by Crippen LogP contribution is 2.39. The summed E-state index contributed by atoms with van der Waals surface area (Å²) in [5.41, 5.74) is 3.14. The van der Waals surface area contributed by atoms with Crippen LogP contribution in [0.3, 0.4) is 0 Å². The number of ether oxygens (including phenoxy) is 1. The Hall–Kier alpha value is -3.13. The van der Waals surface area contributed by atoms with Crippen LogP contribution in [-0.2, 0) is 22.4 Å². The van der Waals surface area contributed by atoms with E-state index in [0.717, 1.165) is 21.8 Å². The summed E-state index contributed by atoms with van der Waals surface area (Å²) in [5.74, 6) is -0.177. The molecule has 0 saturated carbocycles. The van der Waals surface area contributed by atoms with E-state index < -0.39 is 5.97 Å². The number of anilines is 1. The quantitative estimate of drug-likeness (QED) is 0.407. The number of benzene rings is 1. The molecule has 0 saturated heterocycles. The summed E-state index contributed by atoms with van der Waals surface area (Å²) < 4.78 is 7.17. The first-order chi connectivity index (χ1) is 15.4. The molecule has 0 radical (unpaired) electrons. The van der Waals surface area contributed by atoms with E-state index in [0.29, 0.717) is 30.0 Å². The monoisotopic (exact) mass is 455 g/mol. The Morgan fingerprint density at radius 2 is 2.03 bits per heavy atom. The Bertz CT molecular complexity index is 1120. The van der Waals surface area contributed by atoms with Crippen LogP contribution in [0.1, 0.15) is 56.4 Å². The molecule has 1 aliphatic heterocycles. The fraction of sp³-hybridized carbons (Fsp3) is 0.375. The normalized spacial score (nSPS) is 11.8. The van der Waals surface area contributed by atoms with Crippen molar-refractivity contribution < 1.29 is 19.4 Å². The second kappa shape index (κ2) is 9.99. The Morgan fingerprint density at radius 3 is 2.66 bits per heavy atom. The molecule has 1 amide bonds. The molecule has 4 rings (SSSR count). The van der Waals surface area contributed by atoms with Gasteiger partial charge in [0.15, 0.2) is 11.5 Å². The van der Waals surface area contributed by atoms with Gasteiger partial charge >= 0.3 is 5.97 Å². The summed E-state index contributed by atoms with van der Waals surface area (Å²) in [6.07, 6.45) is 1.24. The third-order valence-corrected chi connectivity index (χ3v) is 5.90. The van der Waals surface area contributed by atoms with E-state index in [2.05, 4.69) is 10.3 Å². The maximum Gasteiger partial charge on any atom is 0.358 e. The minimum absolute atomic E-state index is 0.0228. The molecule has 170 valence electrons. The van der Waals surface area contributed by atoms with Gasteiger partial charge in [0.05, 0.1) is 28.6 Å². The minimum Gasteiger partial charge on any atom is -0.506 e. The molecule has 3 heterocycles. The Labute approximate surface area is 192 Å². The summed E-state index contributed by atoms with van der Waals surface area (Å²) in [4.78, 5) is 30.3. The van der Waals surface area contributed by atoms with Gasteiger partial charge in [-0.2, -0.15) is 0 Å². The molecular formula is C24H29N3O4S. The number of aromatic nitrogens is 2.